The van der Waals surface area contributed by atoms with Crippen LogP contribution < -0.4 is 11.1 Å². The standard InChI is InChI=1S/C11H18BrN3S/c1-7(6-16-3)4-14-11-10(12)8(2)9(13)5-15-11/h5,7H,4,6,13H2,1-3H3,(H,14,15). The van der Waals surface area contributed by atoms with E-state index in [0.717, 1.165) is 33.8 Å². The van der Waals surface area contributed by atoms with Gasteiger partial charge >= 0.3 is 0 Å². The summed E-state index contributed by atoms with van der Waals surface area (Å²) in [6.45, 7) is 5.13. The Morgan fingerprint density at radius 1 is 1.62 bits per heavy atom. The highest BCUT2D eigenvalue weighted by molar-refractivity contribution is 9.10. The number of nitrogens with one attached hydrogen (secondary N) is 1. The van der Waals surface area contributed by atoms with E-state index in [9.17, 15) is 0 Å². The highest BCUT2D eigenvalue weighted by Gasteiger charge is 2.08. The molecule has 90 valence electrons. The summed E-state index contributed by atoms with van der Waals surface area (Å²) >= 11 is 5.37. The Morgan fingerprint density at radius 3 is 2.94 bits per heavy atom. The lowest BCUT2D eigenvalue weighted by Gasteiger charge is -2.14. The third kappa shape index (κ3) is 3.56. The number of pyridine rings is 1. The van der Waals surface area contributed by atoms with E-state index < -0.39 is 0 Å². The van der Waals surface area contributed by atoms with Gasteiger partial charge in [-0.05, 0) is 46.3 Å². The minimum Gasteiger partial charge on any atom is -0.397 e. The number of anilines is 2. The number of rotatable bonds is 5. The molecule has 0 saturated heterocycles. The Kier molecular flexibility index (Phi) is 5.41. The molecule has 1 heterocycles. The Bertz CT molecular complexity index is 357. The number of hydrogen-bond donors (Lipinski definition) is 2. The third-order valence-corrected chi connectivity index (χ3v) is 4.24. The molecule has 3 N–H and O–H groups in total. The van der Waals surface area contributed by atoms with Crippen LogP contribution in [0.4, 0.5) is 11.5 Å². The van der Waals surface area contributed by atoms with Crippen LogP contribution >= 0.6 is 27.7 Å². The molecular formula is C11H18BrN3S. The summed E-state index contributed by atoms with van der Waals surface area (Å²) in [7, 11) is 0. The van der Waals surface area contributed by atoms with Crippen LogP contribution in [0.5, 0.6) is 0 Å². The summed E-state index contributed by atoms with van der Waals surface area (Å²) in [5.41, 5.74) is 7.52. The van der Waals surface area contributed by atoms with E-state index in [2.05, 4.69) is 39.4 Å². The summed E-state index contributed by atoms with van der Waals surface area (Å²) in [4.78, 5) is 4.28. The van der Waals surface area contributed by atoms with E-state index in [1.807, 2.05) is 18.7 Å². The molecule has 0 aliphatic carbocycles. The van der Waals surface area contributed by atoms with Crippen LogP contribution in [0.25, 0.3) is 0 Å². The van der Waals surface area contributed by atoms with Gasteiger partial charge in [-0.25, -0.2) is 4.98 Å². The average Bonchev–Trinajstić information content (AvgIpc) is 2.25. The fourth-order valence-electron chi connectivity index (χ4n) is 1.33. The average molecular weight is 304 g/mol. The van der Waals surface area contributed by atoms with Crippen molar-refractivity contribution < 1.29 is 0 Å². The predicted octanol–water partition coefficient (Wildman–Crippen LogP) is 3.15. The summed E-state index contributed by atoms with van der Waals surface area (Å²) in [6.07, 6.45) is 3.82. The lowest BCUT2D eigenvalue weighted by molar-refractivity contribution is 0.699. The van der Waals surface area contributed by atoms with Crippen LogP contribution in [0.1, 0.15) is 12.5 Å². The van der Waals surface area contributed by atoms with Gasteiger partial charge in [0.2, 0.25) is 0 Å². The molecule has 1 aromatic rings. The highest BCUT2D eigenvalue weighted by atomic mass is 79.9. The number of thioether (sulfide) groups is 1. The zero-order valence-electron chi connectivity index (χ0n) is 9.88. The van der Waals surface area contributed by atoms with Crippen LogP contribution in [0, 0.1) is 12.8 Å². The first-order valence-electron chi connectivity index (χ1n) is 5.19. The molecule has 1 aromatic heterocycles. The van der Waals surface area contributed by atoms with Gasteiger partial charge in [-0.2, -0.15) is 11.8 Å². The second-order valence-corrected chi connectivity index (χ2v) is 5.65. The molecule has 1 unspecified atom stereocenters. The molecule has 5 heteroatoms. The van der Waals surface area contributed by atoms with Crippen LogP contribution in [-0.4, -0.2) is 23.5 Å². The van der Waals surface area contributed by atoms with Crippen molar-refractivity contribution in [3.8, 4) is 0 Å². The second kappa shape index (κ2) is 6.35. The first-order chi connectivity index (χ1) is 7.56. The Hall–Kier alpha value is -0.420. The maximum atomic E-state index is 5.77. The number of nitrogen functional groups attached to an aromatic ring is 1. The normalized spacial score (nSPS) is 12.5. The van der Waals surface area contributed by atoms with Crippen LogP contribution in [0.15, 0.2) is 10.7 Å². The SMILES string of the molecule is CSCC(C)CNc1ncc(N)c(C)c1Br. The van der Waals surface area contributed by atoms with E-state index in [1.54, 1.807) is 6.20 Å². The predicted molar refractivity (Wildman–Crippen MR) is 77.1 cm³/mol. The number of halogens is 1. The van der Waals surface area contributed by atoms with Gasteiger partial charge in [0.25, 0.3) is 0 Å². The van der Waals surface area contributed by atoms with E-state index >= 15 is 0 Å². The second-order valence-electron chi connectivity index (χ2n) is 3.94. The smallest absolute Gasteiger partial charge is 0.140 e. The van der Waals surface area contributed by atoms with Crippen molar-refractivity contribution in [2.75, 3.05) is 29.6 Å². The van der Waals surface area contributed by atoms with Crippen molar-refractivity contribution in [1.29, 1.82) is 0 Å². The van der Waals surface area contributed by atoms with Crippen molar-refractivity contribution in [1.82, 2.24) is 4.98 Å². The van der Waals surface area contributed by atoms with Gasteiger partial charge < -0.3 is 11.1 Å². The molecule has 3 nitrogen and oxygen atoms in total. The number of hydrogen-bond acceptors (Lipinski definition) is 4. The molecule has 0 spiro atoms. The number of nitrogens with zero attached hydrogens (tertiary/aromatic N) is 1. The third-order valence-electron chi connectivity index (χ3n) is 2.37. The largest absolute Gasteiger partial charge is 0.397 e. The van der Waals surface area contributed by atoms with Crippen LogP contribution in [0.2, 0.25) is 0 Å². The van der Waals surface area contributed by atoms with Gasteiger partial charge in [-0.1, -0.05) is 6.92 Å². The molecular weight excluding hydrogens is 286 g/mol. The van der Waals surface area contributed by atoms with Crippen LogP contribution in [0.3, 0.4) is 0 Å². The molecule has 0 aromatic carbocycles. The van der Waals surface area contributed by atoms with Gasteiger partial charge in [-0.15, -0.1) is 0 Å². The zero-order chi connectivity index (χ0) is 12.1. The fourth-order valence-corrected chi connectivity index (χ4v) is 2.49. The van der Waals surface area contributed by atoms with Crippen molar-refractivity contribution in [2.24, 2.45) is 5.92 Å². The van der Waals surface area contributed by atoms with Gasteiger partial charge in [0.05, 0.1) is 16.4 Å². The first-order valence-corrected chi connectivity index (χ1v) is 7.38. The molecule has 0 radical (unpaired) electrons. The molecule has 0 bridgehead atoms. The van der Waals surface area contributed by atoms with Gasteiger partial charge in [-0.3, -0.25) is 0 Å². The summed E-state index contributed by atoms with van der Waals surface area (Å²) in [6, 6.07) is 0. The van der Waals surface area contributed by atoms with E-state index in [4.69, 9.17) is 5.73 Å². The minimum absolute atomic E-state index is 0.626. The van der Waals surface area contributed by atoms with E-state index in [0.29, 0.717) is 5.92 Å². The maximum Gasteiger partial charge on any atom is 0.140 e. The molecule has 0 fully saturated rings. The molecule has 16 heavy (non-hydrogen) atoms. The summed E-state index contributed by atoms with van der Waals surface area (Å²) < 4.78 is 0.962. The van der Waals surface area contributed by atoms with Crippen molar-refractivity contribution in [2.45, 2.75) is 13.8 Å². The quantitative estimate of drug-likeness (QED) is 0.877. The molecule has 0 saturated carbocycles. The zero-order valence-corrected chi connectivity index (χ0v) is 12.3. The van der Waals surface area contributed by atoms with Crippen molar-refractivity contribution >= 4 is 39.2 Å². The van der Waals surface area contributed by atoms with E-state index in [1.165, 1.54) is 0 Å². The monoisotopic (exact) mass is 303 g/mol. The lowest BCUT2D eigenvalue weighted by atomic mass is 10.2. The van der Waals surface area contributed by atoms with Crippen molar-refractivity contribution in [3.05, 3.63) is 16.2 Å². The molecule has 0 amide bonds. The van der Waals surface area contributed by atoms with Crippen molar-refractivity contribution in [3.63, 3.8) is 0 Å². The van der Waals surface area contributed by atoms with Gasteiger partial charge in [0.15, 0.2) is 0 Å². The highest BCUT2D eigenvalue weighted by Crippen LogP contribution is 2.27. The fraction of sp³-hybridized carbons (Fsp3) is 0.545. The molecule has 1 rings (SSSR count). The van der Waals surface area contributed by atoms with Crippen LogP contribution in [-0.2, 0) is 0 Å². The Balaban J connectivity index is 2.64. The number of aromatic nitrogens is 1. The van der Waals surface area contributed by atoms with Gasteiger partial charge in [0, 0.05) is 6.54 Å². The Labute approximate surface area is 110 Å². The summed E-state index contributed by atoms with van der Waals surface area (Å²) in [5, 5.41) is 3.34. The van der Waals surface area contributed by atoms with Gasteiger partial charge in [0.1, 0.15) is 5.82 Å². The van der Waals surface area contributed by atoms with E-state index in [-0.39, 0.29) is 0 Å². The topological polar surface area (TPSA) is 50.9 Å². The maximum absolute atomic E-state index is 5.77. The lowest BCUT2D eigenvalue weighted by Crippen LogP contribution is -2.14. The molecule has 0 aliphatic rings. The minimum atomic E-state index is 0.626. The summed E-state index contributed by atoms with van der Waals surface area (Å²) in [5.74, 6) is 2.65. The molecule has 1 atom stereocenters. The number of nitrogens with two attached hydrogens (primary N) is 1. The first kappa shape index (κ1) is 13.6. The molecule has 0 aliphatic heterocycles. The Morgan fingerprint density at radius 2 is 2.31 bits per heavy atom.